The third-order valence-electron chi connectivity index (χ3n) is 2.32. The fourth-order valence-electron chi connectivity index (χ4n) is 1.37. The maximum Gasteiger partial charge on any atom is 0.341 e. The first-order valence-corrected chi connectivity index (χ1v) is 8.56. The van der Waals surface area contributed by atoms with Crippen molar-refractivity contribution < 1.29 is 44.4 Å². The molecule has 24 heavy (non-hydrogen) atoms. The summed E-state index contributed by atoms with van der Waals surface area (Å²) in [6.45, 7) is 0. The summed E-state index contributed by atoms with van der Waals surface area (Å²) in [6, 6.07) is 2.89. The molecule has 138 valence electrons. The molecule has 0 radical (unpaired) electrons. The Morgan fingerprint density at radius 2 is 1.67 bits per heavy atom. The lowest BCUT2D eigenvalue weighted by Crippen LogP contribution is -2.01. The van der Waals surface area contributed by atoms with Crippen molar-refractivity contribution in [3.8, 4) is 5.75 Å². The largest absolute Gasteiger partial charge is 0.494 e. The smallest absolute Gasteiger partial charge is 0.341 e. The summed E-state index contributed by atoms with van der Waals surface area (Å²) in [7, 11) is -2.65. The quantitative estimate of drug-likeness (QED) is 0.518. The van der Waals surface area contributed by atoms with Gasteiger partial charge in [-0.2, -0.15) is 0 Å². The van der Waals surface area contributed by atoms with Crippen LogP contribution in [-0.2, 0) is 9.36 Å². The molecule has 0 aliphatic heterocycles. The maximum atomic E-state index is 10.7. The van der Waals surface area contributed by atoms with E-state index in [1.165, 1.54) is 19.2 Å². The molecule has 0 bridgehead atoms. The van der Waals surface area contributed by atoms with Crippen LogP contribution in [0.2, 0.25) is 10.0 Å². The maximum absolute atomic E-state index is 10.7. The predicted octanol–water partition coefficient (Wildman–Crippen LogP) is 1.90. The van der Waals surface area contributed by atoms with E-state index in [1.54, 1.807) is 0 Å². The Labute approximate surface area is 147 Å². The molecule has 1 aromatic rings. The van der Waals surface area contributed by atoms with Gasteiger partial charge in [-0.3, -0.25) is 9.36 Å². The summed E-state index contributed by atoms with van der Waals surface area (Å²) in [5.74, 6) is -2.11. The fraction of sp³-hybridized carbons (Fsp3) is 0.333. The van der Waals surface area contributed by atoms with Gasteiger partial charge in [0.15, 0.2) is 5.75 Å². The van der Waals surface area contributed by atoms with E-state index in [9.17, 15) is 14.2 Å². The van der Waals surface area contributed by atoms with Crippen LogP contribution in [0, 0.1) is 0 Å². The van der Waals surface area contributed by atoms with Crippen molar-refractivity contribution in [3.05, 3.63) is 27.7 Å². The Hall–Kier alpha value is -1.35. The predicted molar refractivity (Wildman–Crippen MR) is 87.4 cm³/mol. The van der Waals surface area contributed by atoms with Gasteiger partial charge in [0, 0.05) is 6.42 Å². The molecular formula is C12H17Cl2O9P. The van der Waals surface area contributed by atoms with E-state index in [-0.39, 0.29) is 45.8 Å². The number of rotatable bonds is 6. The first kappa shape index (κ1) is 24.9. The molecule has 0 spiro atoms. The number of carboxylic acids is 2. The van der Waals surface area contributed by atoms with Crippen LogP contribution in [0.4, 0.5) is 0 Å². The highest BCUT2D eigenvalue weighted by Gasteiger charge is 2.18. The Morgan fingerprint density at radius 1 is 1.17 bits per heavy atom. The van der Waals surface area contributed by atoms with Crippen LogP contribution >= 0.6 is 30.8 Å². The number of hydrogen-bond donors (Lipinski definition) is 4. The minimum atomic E-state index is -3.99. The van der Waals surface area contributed by atoms with Gasteiger partial charge < -0.3 is 30.2 Å². The zero-order chi connectivity index (χ0) is 18.2. The molecule has 9 nitrogen and oxygen atoms in total. The number of halogens is 2. The molecule has 6 N–H and O–H groups in total. The molecule has 0 saturated carbocycles. The summed E-state index contributed by atoms with van der Waals surface area (Å²) in [5.41, 5.74) is -0.114. The molecule has 0 fully saturated rings. The molecular weight excluding hydrogens is 390 g/mol. The van der Waals surface area contributed by atoms with E-state index < -0.39 is 19.5 Å². The van der Waals surface area contributed by atoms with E-state index in [0.717, 1.165) is 0 Å². The Morgan fingerprint density at radius 3 is 2.00 bits per heavy atom. The third-order valence-corrected chi connectivity index (χ3v) is 3.83. The van der Waals surface area contributed by atoms with Gasteiger partial charge in [-0.05, 0) is 18.6 Å². The van der Waals surface area contributed by atoms with Crippen molar-refractivity contribution in [2.24, 2.45) is 0 Å². The van der Waals surface area contributed by atoms with E-state index in [2.05, 4.69) is 0 Å². The number of hydrogen-bond acceptors (Lipinski definition) is 4. The van der Waals surface area contributed by atoms with Crippen molar-refractivity contribution in [1.29, 1.82) is 0 Å². The monoisotopic (exact) mass is 406 g/mol. The van der Waals surface area contributed by atoms with E-state index in [0.29, 0.717) is 0 Å². The standard InChI is InChI=1S/C8H6Cl2O3.C4H9O5P.H2O/c1-13-7-5(10)3-2-4(9)6(7)8(11)12;5-4(6)2-1-3-10(7,8)9;/h2-3H,1H3,(H,11,12);1-3H2,(H,5,6)(H2,7,8,9);1H2. The topological polar surface area (TPSA) is 173 Å². The molecule has 0 atom stereocenters. The van der Waals surface area contributed by atoms with Crippen LogP contribution in [-0.4, -0.2) is 50.7 Å². The van der Waals surface area contributed by atoms with Crippen LogP contribution in [0.1, 0.15) is 23.2 Å². The second kappa shape index (κ2) is 11.2. The van der Waals surface area contributed by atoms with Gasteiger partial charge in [0.2, 0.25) is 0 Å². The van der Waals surface area contributed by atoms with Crippen molar-refractivity contribution in [1.82, 2.24) is 0 Å². The van der Waals surface area contributed by atoms with Crippen molar-refractivity contribution >= 4 is 42.7 Å². The lowest BCUT2D eigenvalue weighted by Gasteiger charge is -2.07. The summed E-state index contributed by atoms with van der Waals surface area (Å²) < 4.78 is 14.9. The highest BCUT2D eigenvalue weighted by Crippen LogP contribution is 2.35. The van der Waals surface area contributed by atoms with Crippen LogP contribution < -0.4 is 4.74 Å². The second-order valence-electron chi connectivity index (χ2n) is 4.13. The van der Waals surface area contributed by atoms with Gasteiger partial charge in [-0.15, -0.1) is 0 Å². The number of carbonyl (C=O) groups is 2. The molecule has 1 rings (SSSR count). The number of methoxy groups -OCH3 is 1. The van der Waals surface area contributed by atoms with E-state index >= 15 is 0 Å². The summed E-state index contributed by atoms with van der Waals surface area (Å²) >= 11 is 11.4. The molecule has 0 heterocycles. The van der Waals surface area contributed by atoms with Crippen molar-refractivity contribution in [3.63, 3.8) is 0 Å². The average Bonchev–Trinajstić information content (AvgIpc) is 2.39. The van der Waals surface area contributed by atoms with Crippen LogP contribution in [0.25, 0.3) is 0 Å². The van der Waals surface area contributed by atoms with E-state index in [1.807, 2.05) is 0 Å². The Bertz CT molecular complexity index is 615. The molecule has 0 aromatic heterocycles. The number of aliphatic carboxylic acids is 1. The summed E-state index contributed by atoms with van der Waals surface area (Å²) in [6.07, 6.45) is -0.510. The minimum Gasteiger partial charge on any atom is -0.494 e. The second-order valence-corrected chi connectivity index (χ2v) is 6.72. The lowest BCUT2D eigenvalue weighted by molar-refractivity contribution is -0.137. The Kier molecular flexibility index (Phi) is 11.7. The van der Waals surface area contributed by atoms with Gasteiger partial charge in [-0.1, -0.05) is 23.2 Å². The number of aromatic carboxylic acids is 1. The molecule has 0 unspecified atom stereocenters. The zero-order valence-corrected chi connectivity index (χ0v) is 14.8. The van der Waals surface area contributed by atoms with Gasteiger partial charge >= 0.3 is 19.5 Å². The first-order valence-electron chi connectivity index (χ1n) is 6.01. The fourth-order valence-corrected chi connectivity index (χ4v) is 2.40. The summed E-state index contributed by atoms with van der Waals surface area (Å²) in [4.78, 5) is 37.1. The highest BCUT2D eigenvalue weighted by atomic mass is 35.5. The van der Waals surface area contributed by atoms with Crippen molar-refractivity contribution in [2.75, 3.05) is 13.3 Å². The Balaban J connectivity index is 0. The third kappa shape index (κ3) is 9.71. The SMILES string of the molecule is COc1c(Cl)ccc(Cl)c1C(=O)O.O.O=C(O)CCCP(=O)(O)O. The highest BCUT2D eigenvalue weighted by molar-refractivity contribution is 7.51. The zero-order valence-electron chi connectivity index (χ0n) is 12.4. The van der Waals surface area contributed by atoms with Crippen LogP contribution in [0.5, 0.6) is 5.75 Å². The average molecular weight is 407 g/mol. The molecule has 0 aliphatic rings. The number of benzene rings is 1. The molecule has 0 aliphatic carbocycles. The normalized spacial score (nSPS) is 10.0. The molecule has 0 amide bonds. The van der Waals surface area contributed by atoms with Gasteiger partial charge in [0.1, 0.15) is 5.56 Å². The minimum absolute atomic E-state index is 0. The first-order chi connectivity index (χ1) is 10.5. The molecule has 0 saturated heterocycles. The van der Waals surface area contributed by atoms with Crippen LogP contribution in [0.3, 0.4) is 0 Å². The van der Waals surface area contributed by atoms with Gasteiger partial charge in [-0.25, -0.2) is 4.79 Å². The van der Waals surface area contributed by atoms with Gasteiger partial charge in [0.25, 0.3) is 0 Å². The van der Waals surface area contributed by atoms with Crippen LogP contribution in [0.15, 0.2) is 12.1 Å². The molecule has 1 aromatic carbocycles. The number of carboxylic acid groups (broad SMARTS) is 2. The van der Waals surface area contributed by atoms with Crippen molar-refractivity contribution in [2.45, 2.75) is 12.8 Å². The van der Waals surface area contributed by atoms with E-state index in [4.69, 9.17) is 47.9 Å². The summed E-state index contributed by atoms with van der Waals surface area (Å²) in [5, 5.41) is 17.2. The molecule has 12 heteroatoms. The lowest BCUT2D eigenvalue weighted by atomic mass is 10.2. The van der Waals surface area contributed by atoms with Gasteiger partial charge in [0.05, 0.1) is 23.3 Å². The number of ether oxygens (including phenoxy) is 1.